The predicted molar refractivity (Wildman–Crippen MR) is 73.4 cm³/mol. The third-order valence-corrected chi connectivity index (χ3v) is 4.16. The van der Waals surface area contributed by atoms with Crippen LogP contribution < -0.4 is 15.4 Å². The minimum absolute atomic E-state index is 0.0243. The lowest BCUT2D eigenvalue weighted by Gasteiger charge is -2.29. The van der Waals surface area contributed by atoms with Gasteiger partial charge in [-0.3, -0.25) is 4.79 Å². The maximum atomic E-state index is 12.3. The Hall–Kier alpha value is -1.55. The van der Waals surface area contributed by atoms with Crippen molar-refractivity contribution in [3.05, 3.63) is 29.8 Å². The second-order valence-corrected chi connectivity index (χ2v) is 5.48. The number of ether oxygens (including phenoxy) is 1. The fraction of sp³-hybridized carbons (Fsp3) is 0.533. The van der Waals surface area contributed by atoms with Crippen LogP contribution in [0.1, 0.15) is 36.0 Å². The van der Waals surface area contributed by atoms with Gasteiger partial charge in [-0.25, -0.2) is 0 Å². The molecule has 2 fully saturated rings. The molecule has 1 aromatic rings. The molecule has 4 nitrogen and oxygen atoms in total. The van der Waals surface area contributed by atoms with E-state index < -0.39 is 0 Å². The van der Waals surface area contributed by atoms with Gasteiger partial charge in [0.25, 0.3) is 5.91 Å². The first kappa shape index (κ1) is 12.5. The zero-order chi connectivity index (χ0) is 13.2. The standard InChI is InChI=1S/C15H20N2O2/c1-19-14-5-3-2-4-13(14)15(18)17-12-8-10-6-7-11(9-12)16-10/h2-5,10-12,16H,6-9H2,1H3,(H,17,18). The molecular weight excluding hydrogens is 240 g/mol. The monoisotopic (exact) mass is 260 g/mol. The normalized spacial score (nSPS) is 29.0. The molecule has 1 amide bonds. The summed E-state index contributed by atoms with van der Waals surface area (Å²) in [5.41, 5.74) is 0.621. The molecule has 2 aliphatic heterocycles. The summed E-state index contributed by atoms with van der Waals surface area (Å²) in [6.45, 7) is 0. The van der Waals surface area contributed by atoms with Crippen LogP contribution in [-0.4, -0.2) is 31.1 Å². The molecule has 2 saturated heterocycles. The fourth-order valence-corrected chi connectivity index (χ4v) is 3.27. The lowest BCUT2D eigenvalue weighted by molar-refractivity contribution is 0.0921. The number of methoxy groups -OCH3 is 1. The Bertz CT molecular complexity index is 463. The molecule has 0 radical (unpaired) electrons. The average Bonchev–Trinajstić information content (AvgIpc) is 2.78. The number of carbonyl (C=O) groups excluding carboxylic acids is 1. The van der Waals surface area contributed by atoms with Crippen molar-refractivity contribution in [1.82, 2.24) is 10.6 Å². The predicted octanol–water partition coefficient (Wildman–Crippen LogP) is 1.71. The highest BCUT2D eigenvalue weighted by atomic mass is 16.5. The summed E-state index contributed by atoms with van der Waals surface area (Å²) in [6, 6.07) is 8.83. The smallest absolute Gasteiger partial charge is 0.255 e. The van der Waals surface area contributed by atoms with E-state index in [2.05, 4.69) is 10.6 Å². The zero-order valence-corrected chi connectivity index (χ0v) is 11.2. The number of hydrogen-bond donors (Lipinski definition) is 2. The van der Waals surface area contributed by atoms with Crippen LogP contribution in [0.4, 0.5) is 0 Å². The Balaban J connectivity index is 1.68. The third-order valence-electron chi connectivity index (χ3n) is 4.16. The van der Waals surface area contributed by atoms with Gasteiger partial charge >= 0.3 is 0 Å². The first-order valence-corrected chi connectivity index (χ1v) is 6.96. The van der Waals surface area contributed by atoms with E-state index in [9.17, 15) is 4.79 Å². The molecule has 2 bridgehead atoms. The van der Waals surface area contributed by atoms with E-state index in [1.54, 1.807) is 7.11 Å². The summed E-state index contributed by atoms with van der Waals surface area (Å²) in [4.78, 5) is 12.3. The van der Waals surface area contributed by atoms with Crippen molar-refractivity contribution in [3.63, 3.8) is 0 Å². The molecule has 19 heavy (non-hydrogen) atoms. The van der Waals surface area contributed by atoms with Gasteiger partial charge in [0, 0.05) is 18.1 Å². The number of fused-ring (bicyclic) bond motifs is 2. The van der Waals surface area contributed by atoms with E-state index in [1.807, 2.05) is 24.3 Å². The molecular formula is C15H20N2O2. The topological polar surface area (TPSA) is 50.4 Å². The Kier molecular flexibility index (Phi) is 3.42. The molecule has 0 saturated carbocycles. The summed E-state index contributed by atoms with van der Waals surface area (Å²) < 4.78 is 5.24. The maximum absolute atomic E-state index is 12.3. The molecule has 2 aliphatic rings. The van der Waals surface area contributed by atoms with Crippen molar-refractivity contribution in [2.75, 3.05) is 7.11 Å². The number of rotatable bonds is 3. The Morgan fingerprint density at radius 1 is 1.26 bits per heavy atom. The average molecular weight is 260 g/mol. The summed E-state index contributed by atoms with van der Waals surface area (Å²) in [5.74, 6) is 0.612. The molecule has 3 rings (SSSR count). The summed E-state index contributed by atoms with van der Waals surface area (Å²) >= 11 is 0. The summed E-state index contributed by atoms with van der Waals surface area (Å²) in [6.07, 6.45) is 4.56. The lowest BCUT2D eigenvalue weighted by atomic mass is 9.99. The van der Waals surface area contributed by atoms with E-state index in [0.29, 0.717) is 23.4 Å². The second kappa shape index (κ2) is 5.21. The first-order valence-electron chi connectivity index (χ1n) is 6.96. The van der Waals surface area contributed by atoms with Crippen LogP contribution in [0, 0.1) is 0 Å². The van der Waals surface area contributed by atoms with Crippen LogP contribution in [0.5, 0.6) is 5.75 Å². The van der Waals surface area contributed by atoms with Gasteiger partial charge in [0.2, 0.25) is 0 Å². The van der Waals surface area contributed by atoms with Gasteiger partial charge in [0.1, 0.15) is 5.75 Å². The van der Waals surface area contributed by atoms with E-state index in [0.717, 1.165) is 12.8 Å². The van der Waals surface area contributed by atoms with Gasteiger partial charge in [0.05, 0.1) is 12.7 Å². The Morgan fingerprint density at radius 2 is 1.95 bits per heavy atom. The van der Waals surface area contributed by atoms with E-state index >= 15 is 0 Å². The van der Waals surface area contributed by atoms with Crippen molar-refractivity contribution < 1.29 is 9.53 Å². The lowest BCUT2D eigenvalue weighted by Crippen LogP contribution is -2.48. The molecule has 102 valence electrons. The highest BCUT2D eigenvalue weighted by molar-refractivity contribution is 5.97. The van der Waals surface area contributed by atoms with Crippen LogP contribution in [0.25, 0.3) is 0 Å². The van der Waals surface area contributed by atoms with Crippen LogP contribution >= 0.6 is 0 Å². The number of nitrogens with one attached hydrogen (secondary N) is 2. The Morgan fingerprint density at radius 3 is 2.63 bits per heavy atom. The van der Waals surface area contributed by atoms with Crippen molar-refractivity contribution >= 4 is 5.91 Å². The first-order chi connectivity index (χ1) is 9.26. The Labute approximate surface area is 113 Å². The zero-order valence-electron chi connectivity index (χ0n) is 11.2. The molecule has 4 heteroatoms. The van der Waals surface area contributed by atoms with Crippen LogP contribution in [0.3, 0.4) is 0 Å². The molecule has 0 aliphatic carbocycles. The summed E-state index contributed by atoms with van der Waals surface area (Å²) in [5, 5.41) is 6.73. The van der Waals surface area contributed by atoms with E-state index in [4.69, 9.17) is 4.74 Å². The number of hydrogen-bond acceptors (Lipinski definition) is 3. The van der Waals surface area contributed by atoms with Gasteiger partial charge in [-0.1, -0.05) is 12.1 Å². The third kappa shape index (κ3) is 2.59. The van der Waals surface area contributed by atoms with Crippen LogP contribution in [0.2, 0.25) is 0 Å². The number of piperidine rings is 1. The van der Waals surface area contributed by atoms with Crippen LogP contribution in [-0.2, 0) is 0 Å². The SMILES string of the molecule is COc1ccccc1C(=O)NC1CC2CCC(C1)N2. The fourth-order valence-electron chi connectivity index (χ4n) is 3.27. The number of para-hydroxylation sites is 1. The van der Waals surface area contributed by atoms with Crippen molar-refractivity contribution in [3.8, 4) is 5.75 Å². The van der Waals surface area contributed by atoms with Gasteiger partial charge < -0.3 is 15.4 Å². The molecule has 2 atom stereocenters. The second-order valence-electron chi connectivity index (χ2n) is 5.48. The molecule has 0 spiro atoms. The number of amides is 1. The van der Waals surface area contributed by atoms with Gasteiger partial charge in [-0.2, -0.15) is 0 Å². The number of carbonyl (C=O) groups is 1. The van der Waals surface area contributed by atoms with Gasteiger partial charge in [0.15, 0.2) is 0 Å². The maximum Gasteiger partial charge on any atom is 0.255 e. The van der Waals surface area contributed by atoms with Gasteiger partial charge in [-0.05, 0) is 37.8 Å². The summed E-state index contributed by atoms with van der Waals surface area (Å²) in [7, 11) is 1.59. The molecule has 2 N–H and O–H groups in total. The molecule has 2 heterocycles. The molecule has 1 aromatic carbocycles. The minimum atomic E-state index is -0.0243. The van der Waals surface area contributed by atoms with Gasteiger partial charge in [-0.15, -0.1) is 0 Å². The highest BCUT2D eigenvalue weighted by Crippen LogP contribution is 2.27. The largest absolute Gasteiger partial charge is 0.496 e. The van der Waals surface area contributed by atoms with Crippen molar-refractivity contribution in [2.45, 2.75) is 43.8 Å². The number of benzene rings is 1. The van der Waals surface area contributed by atoms with E-state index in [-0.39, 0.29) is 11.9 Å². The van der Waals surface area contributed by atoms with Crippen LogP contribution in [0.15, 0.2) is 24.3 Å². The molecule has 2 unspecified atom stereocenters. The van der Waals surface area contributed by atoms with E-state index in [1.165, 1.54) is 12.8 Å². The van der Waals surface area contributed by atoms with Crippen molar-refractivity contribution in [1.29, 1.82) is 0 Å². The minimum Gasteiger partial charge on any atom is -0.496 e. The highest BCUT2D eigenvalue weighted by Gasteiger charge is 2.34. The van der Waals surface area contributed by atoms with Crippen molar-refractivity contribution in [2.24, 2.45) is 0 Å². The molecule has 0 aromatic heterocycles. The quantitative estimate of drug-likeness (QED) is 0.870.